The van der Waals surface area contributed by atoms with Crippen LogP contribution in [0.25, 0.3) is 0 Å². The van der Waals surface area contributed by atoms with Crippen molar-refractivity contribution in [3.63, 3.8) is 0 Å². The maximum atomic E-state index is 13.8. The highest BCUT2D eigenvalue weighted by Gasteiger charge is 2.17. The highest BCUT2D eigenvalue weighted by atomic mass is 35.5. The lowest BCUT2D eigenvalue weighted by molar-refractivity contribution is 0.544. The van der Waals surface area contributed by atoms with Crippen LogP contribution in [0.1, 0.15) is 33.3 Å². The van der Waals surface area contributed by atoms with Gasteiger partial charge in [0.15, 0.2) is 0 Å². The molecule has 108 valence electrons. The molecule has 1 nitrogen and oxygen atoms in total. The van der Waals surface area contributed by atoms with E-state index >= 15 is 0 Å². The lowest BCUT2D eigenvalue weighted by Crippen LogP contribution is -2.34. The summed E-state index contributed by atoms with van der Waals surface area (Å²) in [5.41, 5.74) is 0.688. The standard InChI is InChI=1S/C15H23ClFNS/c1-5-18-13(10-19-15(2,3)4)9-11-8-12(16)6-7-14(11)17/h6-8,13,18H,5,9-10H2,1-4H3. The van der Waals surface area contributed by atoms with E-state index in [1.54, 1.807) is 12.1 Å². The highest BCUT2D eigenvalue weighted by molar-refractivity contribution is 8.00. The van der Waals surface area contributed by atoms with E-state index in [0.717, 1.165) is 12.3 Å². The zero-order valence-electron chi connectivity index (χ0n) is 12.1. The summed E-state index contributed by atoms with van der Waals surface area (Å²) in [6.07, 6.45) is 0.670. The first-order valence-corrected chi connectivity index (χ1v) is 7.99. The summed E-state index contributed by atoms with van der Waals surface area (Å²) in [5, 5.41) is 4.01. The molecule has 1 aromatic rings. The van der Waals surface area contributed by atoms with E-state index in [1.165, 1.54) is 6.07 Å². The van der Waals surface area contributed by atoms with Crippen LogP contribution < -0.4 is 5.32 Å². The molecule has 0 heterocycles. The van der Waals surface area contributed by atoms with Gasteiger partial charge in [-0.05, 0) is 36.7 Å². The number of nitrogens with one attached hydrogen (secondary N) is 1. The van der Waals surface area contributed by atoms with Crippen molar-refractivity contribution >= 4 is 23.4 Å². The van der Waals surface area contributed by atoms with Crippen LogP contribution in [0.3, 0.4) is 0 Å². The lowest BCUT2D eigenvalue weighted by Gasteiger charge is -2.24. The zero-order chi connectivity index (χ0) is 14.5. The normalized spacial score (nSPS) is 13.6. The molecule has 1 unspecified atom stereocenters. The minimum Gasteiger partial charge on any atom is -0.313 e. The fraction of sp³-hybridized carbons (Fsp3) is 0.600. The Balaban J connectivity index is 2.69. The van der Waals surface area contributed by atoms with Gasteiger partial charge in [0.25, 0.3) is 0 Å². The minimum absolute atomic E-state index is 0.173. The Kier molecular flexibility index (Phi) is 6.64. The maximum Gasteiger partial charge on any atom is 0.126 e. The summed E-state index contributed by atoms with van der Waals surface area (Å²) in [5.74, 6) is 0.789. The van der Waals surface area contributed by atoms with Gasteiger partial charge in [0.2, 0.25) is 0 Å². The van der Waals surface area contributed by atoms with Crippen molar-refractivity contribution in [1.82, 2.24) is 5.32 Å². The Bertz CT molecular complexity index is 404. The summed E-state index contributed by atoms with van der Waals surface area (Å²) in [4.78, 5) is 0. The molecule has 0 fully saturated rings. The molecule has 4 heteroatoms. The summed E-state index contributed by atoms with van der Waals surface area (Å²) >= 11 is 7.83. The summed E-state index contributed by atoms with van der Waals surface area (Å²) in [6, 6.07) is 5.02. The Morgan fingerprint density at radius 3 is 2.63 bits per heavy atom. The topological polar surface area (TPSA) is 12.0 Å². The smallest absolute Gasteiger partial charge is 0.126 e. The van der Waals surface area contributed by atoms with Crippen molar-refractivity contribution in [1.29, 1.82) is 0 Å². The van der Waals surface area contributed by atoms with Gasteiger partial charge in [0.05, 0.1) is 0 Å². The lowest BCUT2D eigenvalue weighted by atomic mass is 10.1. The number of hydrogen-bond acceptors (Lipinski definition) is 2. The van der Waals surface area contributed by atoms with Crippen molar-refractivity contribution in [3.05, 3.63) is 34.6 Å². The molecule has 0 saturated heterocycles. The van der Waals surface area contributed by atoms with Crippen molar-refractivity contribution < 1.29 is 4.39 Å². The molecular formula is C15H23ClFNS. The van der Waals surface area contributed by atoms with Crippen LogP contribution in [0.15, 0.2) is 18.2 Å². The molecule has 0 bridgehead atoms. The fourth-order valence-corrected chi connectivity index (χ4v) is 2.93. The minimum atomic E-state index is -0.173. The molecule has 0 spiro atoms. The molecule has 0 amide bonds. The number of hydrogen-bond donors (Lipinski definition) is 1. The first-order valence-electron chi connectivity index (χ1n) is 6.63. The number of likely N-dealkylation sites (N-methyl/N-ethyl adjacent to an activating group) is 1. The van der Waals surface area contributed by atoms with Crippen LogP contribution in [-0.2, 0) is 6.42 Å². The first-order chi connectivity index (χ1) is 8.81. The third-order valence-corrected chi connectivity index (χ3v) is 4.35. The highest BCUT2D eigenvalue weighted by Crippen LogP contribution is 2.25. The van der Waals surface area contributed by atoms with E-state index in [-0.39, 0.29) is 16.6 Å². The van der Waals surface area contributed by atoms with Crippen molar-refractivity contribution in [2.75, 3.05) is 12.3 Å². The van der Waals surface area contributed by atoms with Crippen molar-refractivity contribution in [3.8, 4) is 0 Å². The Morgan fingerprint density at radius 2 is 2.05 bits per heavy atom. The second kappa shape index (κ2) is 7.51. The van der Waals surface area contributed by atoms with Crippen LogP contribution >= 0.6 is 23.4 Å². The van der Waals surface area contributed by atoms with E-state index in [2.05, 4.69) is 33.0 Å². The van der Waals surface area contributed by atoms with Crippen molar-refractivity contribution in [2.24, 2.45) is 0 Å². The molecular weight excluding hydrogens is 281 g/mol. The molecule has 0 saturated carbocycles. The van der Waals surface area contributed by atoms with E-state index in [4.69, 9.17) is 11.6 Å². The van der Waals surface area contributed by atoms with Gasteiger partial charge in [-0.25, -0.2) is 4.39 Å². The van der Waals surface area contributed by atoms with Gasteiger partial charge in [-0.15, -0.1) is 0 Å². The largest absolute Gasteiger partial charge is 0.313 e. The predicted octanol–water partition coefficient (Wildman–Crippen LogP) is 4.53. The van der Waals surface area contributed by atoms with Crippen molar-refractivity contribution in [2.45, 2.75) is 44.9 Å². The quantitative estimate of drug-likeness (QED) is 0.828. The van der Waals surface area contributed by atoms with E-state index in [1.807, 2.05) is 11.8 Å². The van der Waals surface area contributed by atoms with Crippen LogP contribution in [0.2, 0.25) is 5.02 Å². The van der Waals surface area contributed by atoms with Gasteiger partial charge in [0, 0.05) is 21.6 Å². The van der Waals surface area contributed by atoms with Gasteiger partial charge in [-0.1, -0.05) is 39.3 Å². The monoisotopic (exact) mass is 303 g/mol. The Hall–Kier alpha value is -0.250. The number of halogens is 2. The second-order valence-corrected chi connectivity index (χ2v) is 7.90. The number of thioether (sulfide) groups is 1. The molecule has 0 radical (unpaired) electrons. The van der Waals surface area contributed by atoms with E-state index in [9.17, 15) is 4.39 Å². The third kappa shape index (κ3) is 6.64. The average Bonchev–Trinajstić information content (AvgIpc) is 2.30. The second-order valence-electron chi connectivity index (χ2n) is 5.62. The Morgan fingerprint density at radius 1 is 1.37 bits per heavy atom. The van der Waals surface area contributed by atoms with Gasteiger partial charge >= 0.3 is 0 Å². The maximum absolute atomic E-state index is 13.8. The molecule has 1 rings (SSSR count). The van der Waals surface area contributed by atoms with Gasteiger partial charge in [0.1, 0.15) is 5.82 Å². The molecule has 0 aliphatic carbocycles. The number of benzene rings is 1. The zero-order valence-corrected chi connectivity index (χ0v) is 13.7. The van der Waals surface area contributed by atoms with Crippen LogP contribution in [0.5, 0.6) is 0 Å². The molecule has 1 aromatic carbocycles. The van der Waals surface area contributed by atoms with E-state index < -0.39 is 0 Å². The molecule has 1 N–H and O–H groups in total. The van der Waals surface area contributed by atoms with Gasteiger partial charge in [-0.2, -0.15) is 11.8 Å². The fourth-order valence-electron chi connectivity index (χ4n) is 1.79. The molecule has 1 atom stereocenters. The molecule has 0 aromatic heterocycles. The summed E-state index contributed by atoms with van der Waals surface area (Å²) in [7, 11) is 0. The van der Waals surface area contributed by atoms with Gasteiger partial charge < -0.3 is 5.32 Å². The van der Waals surface area contributed by atoms with E-state index in [0.29, 0.717) is 17.0 Å². The first kappa shape index (κ1) is 16.8. The van der Waals surface area contributed by atoms with Crippen LogP contribution in [0.4, 0.5) is 4.39 Å². The Labute approximate surface area is 125 Å². The molecule has 0 aliphatic heterocycles. The van der Waals surface area contributed by atoms with Crippen LogP contribution in [-0.4, -0.2) is 23.1 Å². The third-order valence-electron chi connectivity index (χ3n) is 2.68. The van der Waals surface area contributed by atoms with Crippen LogP contribution in [0, 0.1) is 5.82 Å². The molecule has 19 heavy (non-hydrogen) atoms. The van der Waals surface area contributed by atoms with Gasteiger partial charge in [-0.3, -0.25) is 0 Å². The summed E-state index contributed by atoms with van der Waals surface area (Å²) < 4.78 is 14.0. The SMILES string of the molecule is CCNC(CSC(C)(C)C)Cc1cc(Cl)ccc1F. The average molecular weight is 304 g/mol. The summed E-state index contributed by atoms with van der Waals surface area (Å²) in [6.45, 7) is 9.54. The molecule has 0 aliphatic rings. The number of rotatable bonds is 6. The predicted molar refractivity (Wildman–Crippen MR) is 84.8 cm³/mol.